The highest BCUT2D eigenvalue weighted by Gasteiger charge is 2.23. The molecule has 4 rings (SSSR count). The van der Waals surface area contributed by atoms with E-state index in [0.717, 1.165) is 53.7 Å². The Morgan fingerprint density at radius 3 is 2.93 bits per heavy atom. The fraction of sp³-hybridized carbons (Fsp3) is 0.364. The molecule has 0 bridgehead atoms. The zero-order chi connectivity index (χ0) is 19.3. The van der Waals surface area contributed by atoms with Crippen molar-refractivity contribution in [1.82, 2.24) is 14.3 Å². The van der Waals surface area contributed by atoms with E-state index in [1.54, 1.807) is 11.8 Å². The monoisotopic (exact) mass is 395 g/mol. The van der Waals surface area contributed by atoms with Crippen molar-refractivity contribution in [2.75, 3.05) is 26.3 Å². The topological polar surface area (TPSA) is 46.8 Å². The largest absolute Gasteiger partial charge is 0.381 e. The van der Waals surface area contributed by atoms with Gasteiger partial charge in [-0.2, -0.15) is 0 Å². The van der Waals surface area contributed by atoms with E-state index in [4.69, 9.17) is 4.74 Å². The molecule has 0 saturated carbocycles. The highest BCUT2D eigenvalue weighted by molar-refractivity contribution is 7.98. The number of nitrogens with zero attached hydrogens (tertiary/aromatic N) is 3. The van der Waals surface area contributed by atoms with E-state index in [9.17, 15) is 4.79 Å². The minimum absolute atomic E-state index is 0.104. The Labute approximate surface area is 169 Å². The quantitative estimate of drug-likeness (QED) is 0.565. The number of pyridine rings is 1. The number of thioether (sulfide) groups is 1. The summed E-state index contributed by atoms with van der Waals surface area (Å²) in [6, 6.07) is 13.9. The predicted octanol–water partition coefficient (Wildman–Crippen LogP) is 4.13. The van der Waals surface area contributed by atoms with Gasteiger partial charge < -0.3 is 14.0 Å². The molecule has 0 N–H and O–H groups in total. The first-order valence-electron chi connectivity index (χ1n) is 9.76. The van der Waals surface area contributed by atoms with E-state index in [0.29, 0.717) is 12.5 Å². The van der Waals surface area contributed by atoms with Crippen LogP contribution in [0.1, 0.15) is 29.4 Å². The van der Waals surface area contributed by atoms with Crippen LogP contribution in [-0.4, -0.2) is 46.5 Å². The lowest BCUT2D eigenvalue weighted by Crippen LogP contribution is -2.35. The molecule has 0 aliphatic carbocycles. The lowest BCUT2D eigenvalue weighted by atomic mass is 10.1. The predicted molar refractivity (Wildman–Crippen MR) is 112 cm³/mol. The van der Waals surface area contributed by atoms with Crippen molar-refractivity contribution >= 4 is 23.3 Å². The molecule has 6 heteroatoms. The number of imidazole rings is 1. The van der Waals surface area contributed by atoms with E-state index in [1.807, 2.05) is 71.1 Å². The molecule has 1 amide bonds. The van der Waals surface area contributed by atoms with E-state index < -0.39 is 0 Å². The number of rotatable bonds is 7. The number of carbonyl (C=O) groups is 1. The maximum atomic E-state index is 13.2. The molecule has 1 saturated heterocycles. The number of ether oxygens (including phenoxy) is 1. The fourth-order valence-corrected chi connectivity index (χ4v) is 4.47. The summed E-state index contributed by atoms with van der Waals surface area (Å²) in [7, 11) is 0. The van der Waals surface area contributed by atoms with E-state index in [1.165, 1.54) is 0 Å². The van der Waals surface area contributed by atoms with Gasteiger partial charge >= 0.3 is 0 Å². The van der Waals surface area contributed by atoms with E-state index in [-0.39, 0.29) is 5.91 Å². The molecule has 1 fully saturated rings. The van der Waals surface area contributed by atoms with Crippen LogP contribution < -0.4 is 0 Å². The maximum absolute atomic E-state index is 13.2. The number of carbonyl (C=O) groups excluding carboxylic acids is 1. The van der Waals surface area contributed by atoms with Gasteiger partial charge in [0.15, 0.2) is 0 Å². The Balaban J connectivity index is 1.48. The van der Waals surface area contributed by atoms with Gasteiger partial charge in [0.25, 0.3) is 5.91 Å². The molecule has 1 aromatic carbocycles. The molecule has 3 heterocycles. The summed E-state index contributed by atoms with van der Waals surface area (Å²) in [6.45, 7) is 5.08. The first-order chi connectivity index (χ1) is 13.7. The fourth-order valence-electron chi connectivity index (χ4n) is 3.54. The van der Waals surface area contributed by atoms with Crippen LogP contribution in [0.3, 0.4) is 0 Å². The van der Waals surface area contributed by atoms with Crippen LogP contribution >= 0.6 is 11.8 Å². The van der Waals surface area contributed by atoms with Crippen LogP contribution in [0.15, 0.2) is 59.8 Å². The Hall–Kier alpha value is -2.31. The van der Waals surface area contributed by atoms with Gasteiger partial charge in [0.1, 0.15) is 5.65 Å². The minimum atomic E-state index is 0.104. The molecule has 3 aromatic rings. The third-order valence-corrected chi connectivity index (χ3v) is 6.19. The molecule has 0 spiro atoms. The van der Waals surface area contributed by atoms with Crippen molar-refractivity contribution in [1.29, 1.82) is 0 Å². The van der Waals surface area contributed by atoms with E-state index >= 15 is 0 Å². The number of amides is 1. The number of hydrogen-bond acceptors (Lipinski definition) is 4. The summed E-state index contributed by atoms with van der Waals surface area (Å²) < 4.78 is 7.50. The van der Waals surface area contributed by atoms with Crippen molar-refractivity contribution in [2.45, 2.75) is 24.0 Å². The zero-order valence-corrected chi connectivity index (χ0v) is 16.9. The van der Waals surface area contributed by atoms with Gasteiger partial charge in [0.05, 0.1) is 17.9 Å². The van der Waals surface area contributed by atoms with Crippen LogP contribution in [0.5, 0.6) is 0 Å². The second kappa shape index (κ2) is 8.80. The van der Waals surface area contributed by atoms with Crippen LogP contribution in [-0.2, 0) is 10.5 Å². The highest BCUT2D eigenvalue weighted by atomic mass is 32.2. The van der Waals surface area contributed by atoms with Crippen LogP contribution in [0.4, 0.5) is 0 Å². The number of hydrogen-bond donors (Lipinski definition) is 0. The molecular formula is C22H25N3O2S. The maximum Gasteiger partial charge on any atom is 0.254 e. The van der Waals surface area contributed by atoms with Gasteiger partial charge in [-0.3, -0.25) is 4.79 Å². The molecule has 1 aliphatic heterocycles. The van der Waals surface area contributed by atoms with Gasteiger partial charge in [-0.05, 0) is 37.6 Å². The third-order valence-electron chi connectivity index (χ3n) is 5.08. The van der Waals surface area contributed by atoms with Crippen molar-refractivity contribution in [2.24, 2.45) is 5.92 Å². The average Bonchev–Trinajstić information content (AvgIpc) is 3.39. The summed E-state index contributed by atoms with van der Waals surface area (Å²) in [5, 5.41) is 0. The molecule has 146 valence electrons. The third kappa shape index (κ3) is 4.23. The second-order valence-corrected chi connectivity index (χ2v) is 8.07. The SMILES string of the molecule is CCN(CC1CCOC1)C(=O)c1ccccc1SCc1cn2ccccc2n1. The zero-order valence-electron chi connectivity index (χ0n) is 16.1. The Bertz CT molecular complexity index is 917. The van der Waals surface area contributed by atoms with Crippen LogP contribution in [0, 0.1) is 5.92 Å². The molecule has 28 heavy (non-hydrogen) atoms. The van der Waals surface area contributed by atoms with E-state index in [2.05, 4.69) is 4.98 Å². The molecule has 1 unspecified atom stereocenters. The summed E-state index contributed by atoms with van der Waals surface area (Å²) in [5.74, 6) is 1.28. The summed E-state index contributed by atoms with van der Waals surface area (Å²) in [6.07, 6.45) is 5.08. The average molecular weight is 396 g/mol. The van der Waals surface area contributed by atoms with Crippen molar-refractivity contribution in [3.63, 3.8) is 0 Å². The number of aromatic nitrogens is 2. The van der Waals surface area contributed by atoms with Gasteiger partial charge in [-0.25, -0.2) is 4.98 Å². The lowest BCUT2D eigenvalue weighted by Gasteiger charge is -2.24. The normalized spacial score (nSPS) is 16.5. The van der Waals surface area contributed by atoms with Crippen molar-refractivity contribution < 1.29 is 9.53 Å². The molecule has 1 aliphatic rings. The summed E-state index contributed by atoms with van der Waals surface area (Å²) in [4.78, 5) is 20.8. The minimum Gasteiger partial charge on any atom is -0.381 e. The van der Waals surface area contributed by atoms with Crippen LogP contribution in [0.25, 0.3) is 5.65 Å². The lowest BCUT2D eigenvalue weighted by molar-refractivity contribution is 0.0727. The van der Waals surface area contributed by atoms with Crippen molar-refractivity contribution in [3.05, 3.63) is 66.1 Å². The molecule has 1 atom stereocenters. The Morgan fingerprint density at radius 2 is 2.14 bits per heavy atom. The smallest absolute Gasteiger partial charge is 0.254 e. The first kappa shape index (κ1) is 19.0. The van der Waals surface area contributed by atoms with Gasteiger partial charge in [0, 0.05) is 48.7 Å². The Kier molecular flexibility index (Phi) is 5.98. The van der Waals surface area contributed by atoms with Crippen LogP contribution in [0.2, 0.25) is 0 Å². The first-order valence-corrected chi connectivity index (χ1v) is 10.7. The molecule has 0 radical (unpaired) electrons. The standard InChI is InChI=1S/C22H25N3O2S/c1-2-24(13-17-10-12-27-15-17)22(26)19-7-3-4-8-20(19)28-16-18-14-25-11-6-5-9-21(25)23-18/h3-9,11,14,17H,2,10,12-13,15-16H2,1H3. The number of fused-ring (bicyclic) bond motifs is 1. The summed E-state index contributed by atoms with van der Waals surface area (Å²) in [5.41, 5.74) is 2.73. The molecule has 5 nitrogen and oxygen atoms in total. The van der Waals surface area contributed by atoms with Crippen molar-refractivity contribution in [3.8, 4) is 0 Å². The summed E-state index contributed by atoms with van der Waals surface area (Å²) >= 11 is 1.67. The van der Waals surface area contributed by atoms with Gasteiger partial charge in [-0.1, -0.05) is 18.2 Å². The second-order valence-electron chi connectivity index (χ2n) is 7.06. The van der Waals surface area contributed by atoms with Gasteiger partial charge in [0.2, 0.25) is 0 Å². The van der Waals surface area contributed by atoms with Gasteiger partial charge in [-0.15, -0.1) is 11.8 Å². The highest BCUT2D eigenvalue weighted by Crippen LogP contribution is 2.27. The number of benzene rings is 1. The molecular weight excluding hydrogens is 370 g/mol. The molecule has 2 aromatic heterocycles. The Morgan fingerprint density at radius 1 is 1.29 bits per heavy atom.